The molecule has 0 bridgehead atoms. The van der Waals surface area contributed by atoms with Crippen molar-refractivity contribution in [2.24, 2.45) is 5.92 Å². The highest BCUT2D eigenvalue weighted by Crippen LogP contribution is 2.15. The molecule has 0 saturated carbocycles. The van der Waals surface area contributed by atoms with E-state index in [1.165, 1.54) is 6.92 Å². The van der Waals surface area contributed by atoms with E-state index in [-0.39, 0.29) is 6.61 Å². The van der Waals surface area contributed by atoms with Gasteiger partial charge in [0.25, 0.3) is 0 Å². The van der Waals surface area contributed by atoms with Gasteiger partial charge < -0.3 is 14.6 Å². The first-order valence-electron chi connectivity index (χ1n) is 5.26. The summed E-state index contributed by atoms with van der Waals surface area (Å²) in [4.78, 5) is 23.1. The number of carbonyl (C=O) groups excluding carboxylic acids is 2. The van der Waals surface area contributed by atoms with Crippen molar-refractivity contribution < 1.29 is 24.2 Å². The summed E-state index contributed by atoms with van der Waals surface area (Å²) in [5, 5.41) is 9.37. The number of hydrogen-bond acceptors (Lipinski definition) is 5. The molecular weight excluding hydrogens is 212 g/mol. The third kappa shape index (κ3) is 5.11. The van der Waals surface area contributed by atoms with Gasteiger partial charge in [0.15, 0.2) is 5.92 Å². The van der Waals surface area contributed by atoms with E-state index in [1.54, 1.807) is 27.7 Å². The van der Waals surface area contributed by atoms with E-state index in [0.717, 1.165) is 0 Å². The quantitative estimate of drug-likeness (QED) is 0.575. The van der Waals surface area contributed by atoms with Crippen molar-refractivity contribution in [2.45, 2.75) is 46.3 Å². The molecule has 0 aliphatic rings. The van der Waals surface area contributed by atoms with Crippen LogP contribution in [0.1, 0.15) is 34.6 Å². The van der Waals surface area contributed by atoms with Gasteiger partial charge in [0.1, 0.15) is 5.60 Å². The maximum absolute atomic E-state index is 11.6. The molecule has 0 aromatic rings. The predicted molar refractivity (Wildman–Crippen MR) is 57.6 cm³/mol. The Labute approximate surface area is 95.7 Å². The number of ether oxygens (including phenoxy) is 2. The van der Waals surface area contributed by atoms with Crippen LogP contribution in [-0.2, 0) is 19.1 Å². The van der Waals surface area contributed by atoms with Gasteiger partial charge in [0, 0.05) is 0 Å². The Morgan fingerprint density at radius 1 is 1.25 bits per heavy atom. The largest absolute Gasteiger partial charge is 0.465 e. The average molecular weight is 232 g/mol. The summed E-state index contributed by atoms with van der Waals surface area (Å²) in [5.74, 6) is -2.80. The molecule has 0 aromatic heterocycles. The van der Waals surface area contributed by atoms with Crippen LogP contribution in [0, 0.1) is 5.92 Å². The summed E-state index contributed by atoms with van der Waals surface area (Å²) in [6.07, 6.45) is -1.13. The molecule has 5 nitrogen and oxygen atoms in total. The zero-order chi connectivity index (χ0) is 12.9. The van der Waals surface area contributed by atoms with Crippen LogP contribution in [0.4, 0.5) is 0 Å². The summed E-state index contributed by atoms with van der Waals surface area (Å²) < 4.78 is 9.73. The average Bonchev–Trinajstić information content (AvgIpc) is 1.99. The zero-order valence-corrected chi connectivity index (χ0v) is 10.4. The molecule has 0 radical (unpaired) electrons. The molecule has 0 rings (SSSR count). The second-order valence-corrected chi connectivity index (χ2v) is 4.50. The Hall–Kier alpha value is -1.10. The Morgan fingerprint density at radius 3 is 2.06 bits per heavy atom. The minimum Gasteiger partial charge on any atom is -0.465 e. The van der Waals surface area contributed by atoms with Gasteiger partial charge >= 0.3 is 11.9 Å². The van der Waals surface area contributed by atoms with Crippen LogP contribution >= 0.6 is 0 Å². The van der Waals surface area contributed by atoms with E-state index in [9.17, 15) is 14.7 Å². The molecule has 0 aliphatic heterocycles. The first-order valence-corrected chi connectivity index (χ1v) is 5.26. The second-order valence-electron chi connectivity index (χ2n) is 4.50. The standard InChI is InChI=1S/C11H20O5/c1-6-15-9(13)8(7(2)12)10(14)16-11(3,4)5/h7-8,12H,6H2,1-5H3. The number of esters is 2. The van der Waals surface area contributed by atoms with Gasteiger partial charge in [-0.2, -0.15) is 0 Å². The van der Waals surface area contributed by atoms with E-state index in [1.807, 2.05) is 0 Å². The van der Waals surface area contributed by atoms with Crippen LogP contribution in [0.25, 0.3) is 0 Å². The Bertz CT molecular complexity index is 252. The molecule has 0 aromatic carbocycles. The zero-order valence-electron chi connectivity index (χ0n) is 10.4. The normalized spacial score (nSPS) is 15.1. The van der Waals surface area contributed by atoms with E-state index < -0.39 is 29.6 Å². The van der Waals surface area contributed by atoms with Crippen molar-refractivity contribution in [2.75, 3.05) is 6.61 Å². The molecule has 0 fully saturated rings. The van der Waals surface area contributed by atoms with Gasteiger partial charge in [-0.1, -0.05) is 0 Å². The first kappa shape index (κ1) is 14.9. The highest BCUT2D eigenvalue weighted by Gasteiger charge is 2.36. The minimum absolute atomic E-state index is 0.158. The van der Waals surface area contributed by atoms with Crippen LogP contribution in [0.5, 0.6) is 0 Å². The third-order valence-electron chi connectivity index (χ3n) is 1.68. The molecule has 2 atom stereocenters. The lowest BCUT2D eigenvalue weighted by Gasteiger charge is -2.24. The summed E-state index contributed by atoms with van der Waals surface area (Å²) in [5.41, 5.74) is -0.698. The summed E-state index contributed by atoms with van der Waals surface area (Å²) in [7, 11) is 0. The number of carbonyl (C=O) groups is 2. The monoisotopic (exact) mass is 232 g/mol. The lowest BCUT2D eigenvalue weighted by molar-refractivity contribution is -0.173. The number of aliphatic hydroxyl groups is 1. The van der Waals surface area contributed by atoms with Crippen molar-refractivity contribution in [3.8, 4) is 0 Å². The third-order valence-corrected chi connectivity index (χ3v) is 1.68. The van der Waals surface area contributed by atoms with Gasteiger partial charge in [-0.3, -0.25) is 9.59 Å². The van der Waals surface area contributed by atoms with E-state index in [2.05, 4.69) is 0 Å². The molecule has 2 unspecified atom stereocenters. The fourth-order valence-electron chi connectivity index (χ4n) is 1.09. The molecule has 16 heavy (non-hydrogen) atoms. The maximum Gasteiger partial charge on any atom is 0.323 e. The second kappa shape index (κ2) is 5.84. The summed E-state index contributed by atoms with van der Waals surface area (Å²) in [6.45, 7) is 8.21. The van der Waals surface area contributed by atoms with Crippen molar-refractivity contribution in [3.05, 3.63) is 0 Å². The van der Waals surface area contributed by atoms with Crippen LogP contribution in [0.15, 0.2) is 0 Å². The van der Waals surface area contributed by atoms with Crippen molar-refractivity contribution in [1.82, 2.24) is 0 Å². The molecule has 1 N–H and O–H groups in total. The van der Waals surface area contributed by atoms with Crippen LogP contribution in [0.3, 0.4) is 0 Å². The fraction of sp³-hybridized carbons (Fsp3) is 0.818. The Kier molecular flexibility index (Phi) is 5.44. The fourth-order valence-corrected chi connectivity index (χ4v) is 1.09. The molecular formula is C11H20O5. The first-order chi connectivity index (χ1) is 7.19. The SMILES string of the molecule is CCOC(=O)C(C(=O)OC(C)(C)C)C(C)O. The maximum atomic E-state index is 11.6. The van der Waals surface area contributed by atoms with Crippen LogP contribution < -0.4 is 0 Å². The number of hydrogen-bond donors (Lipinski definition) is 1. The van der Waals surface area contributed by atoms with Crippen molar-refractivity contribution >= 4 is 11.9 Å². The Balaban J connectivity index is 4.67. The van der Waals surface area contributed by atoms with Gasteiger partial charge in [-0.05, 0) is 34.6 Å². The van der Waals surface area contributed by atoms with E-state index in [0.29, 0.717) is 0 Å². The van der Waals surface area contributed by atoms with Crippen molar-refractivity contribution in [1.29, 1.82) is 0 Å². The molecule has 5 heteroatoms. The molecule has 0 saturated heterocycles. The lowest BCUT2D eigenvalue weighted by Crippen LogP contribution is -2.39. The van der Waals surface area contributed by atoms with Crippen molar-refractivity contribution in [3.63, 3.8) is 0 Å². The van der Waals surface area contributed by atoms with E-state index >= 15 is 0 Å². The summed E-state index contributed by atoms with van der Waals surface area (Å²) in [6, 6.07) is 0. The molecule has 94 valence electrons. The van der Waals surface area contributed by atoms with Gasteiger partial charge in [0.2, 0.25) is 0 Å². The minimum atomic E-state index is -1.28. The summed E-state index contributed by atoms with van der Waals surface area (Å²) >= 11 is 0. The smallest absolute Gasteiger partial charge is 0.323 e. The van der Waals surface area contributed by atoms with Crippen LogP contribution in [0.2, 0.25) is 0 Å². The van der Waals surface area contributed by atoms with Gasteiger partial charge in [0.05, 0.1) is 12.7 Å². The topological polar surface area (TPSA) is 72.8 Å². The molecule has 0 heterocycles. The van der Waals surface area contributed by atoms with Gasteiger partial charge in [-0.25, -0.2) is 0 Å². The molecule has 0 amide bonds. The number of aliphatic hydroxyl groups excluding tert-OH is 1. The molecule has 0 spiro atoms. The predicted octanol–water partition coefficient (Wildman–Crippen LogP) is 0.888. The van der Waals surface area contributed by atoms with E-state index in [4.69, 9.17) is 9.47 Å². The van der Waals surface area contributed by atoms with Crippen LogP contribution in [-0.4, -0.2) is 35.4 Å². The molecule has 0 aliphatic carbocycles. The number of rotatable bonds is 4. The highest BCUT2D eigenvalue weighted by atomic mass is 16.6. The highest BCUT2D eigenvalue weighted by molar-refractivity contribution is 5.95. The lowest BCUT2D eigenvalue weighted by atomic mass is 10.0. The van der Waals surface area contributed by atoms with Gasteiger partial charge in [-0.15, -0.1) is 0 Å². The Morgan fingerprint density at radius 2 is 1.75 bits per heavy atom.